The van der Waals surface area contributed by atoms with Crippen molar-refractivity contribution in [3.05, 3.63) is 52.4 Å². The van der Waals surface area contributed by atoms with Gasteiger partial charge in [-0.2, -0.15) is 0 Å². The standard InChI is InChI=1S/C19H20N2O4/c1-12-10-13(2)18-14(11-12)17(20-23)19(22)21(18)8-9-25-16-7-5-4-6-15(16)24-3/h4-7,10-11,22H,8-9H2,1-3H3. The third kappa shape index (κ3) is 3.03. The van der Waals surface area contributed by atoms with E-state index in [1.807, 2.05) is 50.2 Å². The molecule has 0 unspecified atom stereocenters. The van der Waals surface area contributed by atoms with E-state index in [1.54, 1.807) is 11.7 Å². The molecule has 6 heteroatoms. The van der Waals surface area contributed by atoms with E-state index in [-0.39, 0.29) is 11.6 Å². The number of fused-ring (bicyclic) bond motifs is 1. The maximum atomic E-state index is 11.2. The highest BCUT2D eigenvalue weighted by Crippen LogP contribution is 2.40. The van der Waals surface area contributed by atoms with Crippen LogP contribution in [0, 0.1) is 18.8 Å². The molecule has 0 saturated carbocycles. The summed E-state index contributed by atoms with van der Waals surface area (Å²) in [6, 6.07) is 11.2. The molecular weight excluding hydrogens is 320 g/mol. The van der Waals surface area contributed by atoms with Crippen molar-refractivity contribution in [3.63, 3.8) is 0 Å². The molecule has 0 spiro atoms. The van der Waals surface area contributed by atoms with E-state index in [0.717, 1.165) is 16.6 Å². The van der Waals surface area contributed by atoms with Gasteiger partial charge in [-0.1, -0.05) is 23.8 Å². The fraction of sp³-hybridized carbons (Fsp3) is 0.263. The van der Waals surface area contributed by atoms with Crippen LogP contribution in [0.5, 0.6) is 17.4 Å². The van der Waals surface area contributed by atoms with E-state index >= 15 is 0 Å². The van der Waals surface area contributed by atoms with Gasteiger partial charge in [0, 0.05) is 5.39 Å². The van der Waals surface area contributed by atoms with Gasteiger partial charge in [-0.3, -0.25) is 0 Å². The van der Waals surface area contributed by atoms with Crippen molar-refractivity contribution in [3.8, 4) is 17.4 Å². The lowest BCUT2D eigenvalue weighted by molar-refractivity contribution is 0.274. The number of aryl methyl sites for hydroxylation is 2. The average molecular weight is 340 g/mol. The number of nitroso groups, excluding NO2 is 1. The van der Waals surface area contributed by atoms with Gasteiger partial charge in [0.05, 0.1) is 19.2 Å². The molecule has 0 radical (unpaired) electrons. The number of rotatable bonds is 6. The first-order valence-corrected chi connectivity index (χ1v) is 7.98. The summed E-state index contributed by atoms with van der Waals surface area (Å²) in [5.41, 5.74) is 2.84. The van der Waals surface area contributed by atoms with E-state index < -0.39 is 0 Å². The summed E-state index contributed by atoms with van der Waals surface area (Å²) in [5, 5.41) is 14.1. The first-order chi connectivity index (χ1) is 12.1. The second-order valence-electron chi connectivity index (χ2n) is 5.89. The second-order valence-corrected chi connectivity index (χ2v) is 5.89. The Labute approximate surface area is 145 Å². The Balaban J connectivity index is 1.91. The van der Waals surface area contributed by atoms with Gasteiger partial charge in [0.25, 0.3) is 0 Å². The lowest BCUT2D eigenvalue weighted by Crippen LogP contribution is -2.08. The van der Waals surface area contributed by atoms with Crippen molar-refractivity contribution in [1.82, 2.24) is 4.57 Å². The fourth-order valence-corrected chi connectivity index (χ4v) is 3.15. The van der Waals surface area contributed by atoms with Crippen LogP contribution in [0.15, 0.2) is 41.6 Å². The van der Waals surface area contributed by atoms with Crippen molar-refractivity contribution >= 4 is 16.6 Å². The lowest BCUT2D eigenvalue weighted by Gasteiger charge is -2.12. The zero-order chi connectivity index (χ0) is 18.0. The maximum Gasteiger partial charge on any atom is 0.222 e. The molecule has 0 saturated heterocycles. The predicted octanol–water partition coefficient (Wildman–Crippen LogP) is 4.45. The molecule has 0 aliphatic rings. The molecule has 1 N–H and O–H groups in total. The van der Waals surface area contributed by atoms with Crippen molar-refractivity contribution in [2.24, 2.45) is 5.18 Å². The van der Waals surface area contributed by atoms with E-state index in [9.17, 15) is 10.0 Å². The van der Waals surface area contributed by atoms with Gasteiger partial charge in [-0.05, 0) is 42.8 Å². The number of hydrogen-bond donors (Lipinski definition) is 1. The molecular formula is C19H20N2O4. The van der Waals surface area contributed by atoms with Crippen molar-refractivity contribution < 1.29 is 14.6 Å². The Morgan fingerprint density at radius 2 is 1.88 bits per heavy atom. The summed E-state index contributed by atoms with van der Waals surface area (Å²) in [4.78, 5) is 11.2. The highest BCUT2D eigenvalue weighted by atomic mass is 16.5. The van der Waals surface area contributed by atoms with E-state index in [4.69, 9.17) is 9.47 Å². The molecule has 0 bridgehead atoms. The number of benzene rings is 2. The number of hydrogen-bond acceptors (Lipinski definition) is 5. The molecule has 130 valence electrons. The fourth-order valence-electron chi connectivity index (χ4n) is 3.15. The number of nitrogens with zero attached hydrogens (tertiary/aromatic N) is 2. The van der Waals surface area contributed by atoms with Gasteiger partial charge in [0.1, 0.15) is 6.61 Å². The summed E-state index contributed by atoms with van der Waals surface area (Å²) in [5.74, 6) is 1.13. The first-order valence-electron chi connectivity index (χ1n) is 7.98. The lowest BCUT2D eigenvalue weighted by atomic mass is 10.1. The zero-order valence-electron chi connectivity index (χ0n) is 14.4. The van der Waals surface area contributed by atoms with Crippen molar-refractivity contribution in [2.75, 3.05) is 13.7 Å². The van der Waals surface area contributed by atoms with Crippen LogP contribution >= 0.6 is 0 Å². The topological polar surface area (TPSA) is 73.1 Å². The summed E-state index contributed by atoms with van der Waals surface area (Å²) in [6.07, 6.45) is 0. The van der Waals surface area contributed by atoms with Gasteiger partial charge in [0.15, 0.2) is 17.2 Å². The molecule has 2 aromatic carbocycles. The Kier molecular flexibility index (Phi) is 4.61. The van der Waals surface area contributed by atoms with Crippen LogP contribution in [0.25, 0.3) is 10.9 Å². The van der Waals surface area contributed by atoms with Crippen LogP contribution in [0.2, 0.25) is 0 Å². The van der Waals surface area contributed by atoms with Crippen LogP contribution in [0.1, 0.15) is 11.1 Å². The first kappa shape index (κ1) is 16.8. The molecule has 6 nitrogen and oxygen atoms in total. The molecule has 0 aliphatic heterocycles. The molecule has 0 aliphatic carbocycles. The van der Waals surface area contributed by atoms with Crippen LogP contribution in [-0.4, -0.2) is 23.4 Å². The van der Waals surface area contributed by atoms with Gasteiger partial charge in [0.2, 0.25) is 5.88 Å². The number of aromatic nitrogens is 1. The van der Waals surface area contributed by atoms with E-state index in [2.05, 4.69) is 5.18 Å². The second kappa shape index (κ2) is 6.84. The Morgan fingerprint density at radius 1 is 1.16 bits per heavy atom. The van der Waals surface area contributed by atoms with Crippen molar-refractivity contribution in [1.29, 1.82) is 0 Å². The zero-order valence-corrected chi connectivity index (χ0v) is 14.4. The molecule has 3 rings (SSSR count). The SMILES string of the molecule is COc1ccccc1OCCn1c(O)c(N=O)c2cc(C)cc(C)c21. The molecule has 0 fully saturated rings. The van der Waals surface area contributed by atoms with Gasteiger partial charge in [-0.25, -0.2) is 0 Å². The average Bonchev–Trinajstić information content (AvgIpc) is 2.86. The van der Waals surface area contributed by atoms with Crippen LogP contribution < -0.4 is 9.47 Å². The summed E-state index contributed by atoms with van der Waals surface area (Å²) in [6.45, 7) is 4.57. The highest BCUT2D eigenvalue weighted by Gasteiger charge is 2.19. The van der Waals surface area contributed by atoms with Crippen LogP contribution in [0.4, 0.5) is 5.69 Å². The molecule has 1 aromatic heterocycles. The number of methoxy groups -OCH3 is 1. The minimum absolute atomic E-state index is 0.0686. The van der Waals surface area contributed by atoms with Gasteiger partial charge < -0.3 is 19.1 Å². The minimum Gasteiger partial charge on any atom is -0.493 e. The largest absolute Gasteiger partial charge is 0.493 e. The molecule has 25 heavy (non-hydrogen) atoms. The predicted molar refractivity (Wildman–Crippen MR) is 97.0 cm³/mol. The minimum atomic E-state index is -0.137. The van der Waals surface area contributed by atoms with Crippen molar-refractivity contribution in [2.45, 2.75) is 20.4 Å². The van der Waals surface area contributed by atoms with E-state index in [1.165, 1.54) is 0 Å². The summed E-state index contributed by atoms with van der Waals surface area (Å²) < 4.78 is 12.7. The van der Waals surface area contributed by atoms with Crippen LogP contribution in [0.3, 0.4) is 0 Å². The Bertz CT molecular complexity index is 931. The van der Waals surface area contributed by atoms with Crippen LogP contribution in [-0.2, 0) is 6.54 Å². The quantitative estimate of drug-likeness (QED) is 0.673. The molecule has 1 heterocycles. The van der Waals surface area contributed by atoms with Gasteiger partial charge in [-0.15, -0.1) is 4.91 Å². The monoisotopic (exact) mass is 340 g/mol. The van der Waals surface area contributed by atoms with Gasteiger partial charge >= 0.3 is 0 Å². The molecule has 3 aromatic rings. The summed E-state index contributed by atoms with van der Waals surface area (Å²) >= 11 is 0. The number of para-hydroxylation sites is 2. The number of aromatic hydroxyl groups is 1. The third-order valence-corrected chi connectivity index (χ3v) is 4.17. The Morgan fingerprint density at radius 3 is 2.56 bits per heavy atom. The Hall–Kier alpha value is -3.02. The third-order valence-electron chi connectivity index (χ3n) is 4.17. The highest BCUT2D eigenvalue weighted by molar-refractivity contribution is 5.97. The van der Waals surface area contributed by atoms with E-state index in [0.29, 0.717) is 30.0 Å². The normalized spacial score (nSPS) is 10.8. The number of ether oxygens (including phenoxy) is 2. The smallest absolute Gasteiger partial charge is 0.222 e. The summed E-state index contributed by atoms with van der Waals surface area (Å²) in [7, 11) is 1.58. The molecule has 0 atom stereocenters. The maximum absolute atomic E-state index is 11.2. The molecule has 0 amide bonds.